The van der Waals surface area contributed by atoms with E-state index < -0.39 is 0 Å². The molecule has 1 saturated heterocycles. The fourth-order valence-corrected chi connectivity index (χ4v) is 2.00. The third-order valence-electron chi connectivity index (χ3n) is 2.74. The molecule has 1 heterocycles. The lowest BCUT2D eigenvalue weighted by Gasteiger charge is -2.39. The van der Waals surface area contributed by atoms with Crippen LogP contribution < -0.4 is 10.7 Å². The summed E-state index contributed by atoms with van der Waals surface area (Å²) in [4.78, 5) is 11.8. The highest BCUT2D eigenvalue weighted by Crippen LogP contribution is 2.21. The van der Waals surface area contributed by atoms with Gasteiger partial charge in [-0.15, -0.1) is 0 Å². The Labute approximate surface area is 95.6 Å². The molecule has 0 atom stereocenters. The minimum atomic E-state index is 0.167. The smallest absolute Gasteiger partial charge is 0.241 e. The van der Waals surface area contributed by atoms with Gasteiger partial charge in [-0.05, 0) is 18.6 Å². The molecular weight excluding hydrogens is 202 g/mol. The first kappa shape index (κ1) is 11.0. The molecule has 0 saturated carbocycles. The number of carbonyl (C=O) groups excluding carboxylic acids is 1. The van der Waals surface area contributed by atoms with Crippen LogP contribution in [-0.2, 0) is 4.79 Å². The van der Waals surface area contributed by atoms with Crippen LogP contribution in [0, 0.1) is 0 Å². The van der Waals surface area contributed by atoms with E-state index in [9.17, 15) is 4.79 Å². The van der Waals surface area contributed by atoms with Crippen molar-refractivity contribution in [1.29, 1.82) is 0 Å². The lowest BCUT2D eigenvalue weighted by atomic mass is 10.2. The van der Waals surface area contributed by atoms with Crippen molar-refractivity contribution in [3.8, 4) is 0 Å². The highest BCUT2D eigenvalue weighted by molar-refractivity contribution is 5.79. The molecule has 1 aliphatic rings. The predicted molar refractivity (Wildman–Crippen MR) is 63.8 cm³/mol. The molecule has 16 heavy (non-hydrogen) atoms. The van der Waals surface area contributed by atoms with Gasteiger partial charge in [0.1, 0.15) is 0 Å². The van der Waals surface area contributed by atoms with Gasteiger partial charge in [0.25, 0.3) is 0 Å². The van der Waals surface area contributed by atoms with Crippen molar-refractivity contribution in [1.82, 2.24) is 5.01 Å². The Morgan fingerprint density at radius 1 is 1.25 bits per heavy atom. The molecule has 1 aromatic rings. The quantitative estimate of drug-likeness (QED) is 0.824. The van der Waals surface area contributed by atoms with Gasteiger partial charge in [0.2, 0.25) is 5.91 Å². The SMILES string of the molecule is NCCN1C(=O)CCCN1c1ccccc1. The van der Waals surface area contributed by atoms with Crippen LogP contribution in [0.15, 0.2) is 30.3 Å². The Balaban J connectivity index is 2.20. The predicted octanol–water partition coefficient (Wildman–Crippen LogP) is 0.989. The molecule has 0 spiro atoms. The maximum Gasteiger partial charge on any atom is 0.241 e. The van der Waals surface area contributed by atoms with E-state index in [1.165, 1.54) is 0 Å². The third-order valence-corrected chi connectivity index (χ3v) is 2.74. The molecule has 86 valence electrons. The molecule has 1 aromatic carbocycles. The summed E-state index contributed by atoms with van der Waals surface area (Å²) in [5, 5.41) is 3.79. The highest BCUT2D eigenvalue weighted by atomic mass is 16.2. The molecule has 0 aromatic heterocycles. The van der Waals surface area contributed by atoms with Gasteiger partial charge in [-0.1, -0.05) is 18.2 Å². The Morgan fingerprint density at radius 2 is 2.00 bits per heavy atom. The largest absolute Gasteiger partial charge is 0.329 e. The standard InChI is InChI=1S/C12H17N3O/c13-8-10-15-12(16)7-4-9-14(15)11-5-2-1-3-6-11/h1-3,5-6H,4,7-10,13H2. The monoisotopic (exact) mass is 219 g/mol. The topological polar surface area (TPSA) is 49.6 Å². The van der Waals surface area contributed by atoms with Crippen molar-refractivity contribution in [2.45, 2.75) is 12.8 Å². The molecule has 1 aliphatic heterocycles. The van der Waals surface area contributed by atoms with Crippen LogP contribution >= 0.6 is 0 Å². The summed E-state index contributed by atoms with van der Waals surface area (Å²) in [6.45, 7) is 1.97. The number of para-hydroxylation sites is 1. The summed E-state index contributed by atoms with van der Waals surface area (Å²) in [6, 6.07) is 9.97. The van der Waals surface area contributed by atoms with Crippen molar-refractivity contribution in [3.63, 3.8) is 0 Å². The minimum absolute atomic E-state index is 0.167. The Kier molecular flexibility index (Phi) is 3.41. The summed E-state index contributed by atoms with van der Waals surface area (Å²) in [5.74, 6) is 0.167. The number of hydrazine groups is 1. The molecule has 1 amide bonds. The number of nitrogens with two attached hydrogens (primary N) is 1. The minimum Gasteiger partial charge on any atom is -0.329 e. The Hall–Kier alpha value is -1.55. The second-order valence-corrected chi connectivity index (χ2v) is 3.87. The normalized spacial score (nSPS) is 16.7. The fourth-order valence-electron chi connectivity index (χ4n) is 2.00. The summed E-state index contributed by atoms with van der Waals surface area (Å²) < 4.78 is 0. The average molecular weight is 219 g/mol. The molecule has 1 fully saturated rings. The van der Waals surface area contributed by atoms with E-state index in [0.29, 0.717) is 19.5 Å². The van der Waals surface area contributed by atoms with Crippen LogP contribution in [0.25, 0.3) is 0 Å². The lowest BCUT2D eigenvalue weighted by Crippen LogP contribution is -2.52. The molecule has 4 nitrogen and oxygen atoms in total. The summed E-state index contributed by atoms with van der Waals surface area (Å²) in [7, 11) is 0. The average Bonchev–Trinajstić information content (AvgIpc) is 2.33. The van der Waals surface area contributed by atoms with Gasteiger partial charge in [0.05, 0.1) is 12.2 Å². The maximum atomic E-state index is 11.8. The zero-order chi connectivity index (χ0) is 11.4. The number of hydrogen-bond donors (Lipinski definition) is 1. The van der Waals surface area contributed by atoms with Gasteiger partial charge in [-0.3, -0.25) is 14.8 Å². The van der Waals surface area contributed by atoms with E-state index in [1.54, 1.807) is 5.01 Å². The number of hydrogen-bond acceptors (Lipinski definition) is 3. The van der Waals surface area contributed by atoms with Crippen LogP contribution in [0.4, 0.5) is 5.69 Å². The van der Waals surface area contributed by atoms with Crippen molar-refractivity contribution < 1.29 is 4.79 Å². The molecule has 4 heteroatoms. The number of anilines is 1. The maximum absolute atomic E-state index is 11.8. The fraction of sp³-hybridized carbons (Fsp3) is 0.417. The number of benzene rings is 1. The molecule has 2 rings (SSSR count). The van der Waals surface area contributed by atoms with Gasteiger partial charge in [0, 0.05) is 19.5 Å². The van der Waals surface area contributed by atoms with Gasteiger partial charge in [-0.2, -0.15) is 0 Å². The summed E-state index contributed by atoms with van der Waals surface area (Å²) >= 11 is 0. The van der Waals surface area contributed by atoms with Crippen LogP contribution in [0.3, 0.4) is 0 Å². The van der Waals surface area contributed by atoms with E-state index in [1.807, 2.05) is 35.3 Å². The van der Waals surface area contributed by atoms with E-state index in [-0.39, 0.29) is 5.91 Å². The Morgan fingerprint density at radius 3 is 2.69 bits per heavy atom. The number of rotatable bonds is 3. The van der Waals surface area contributed by atoms with Crippen molar-refractivity contribution >= 4 is 11.6 Å². The van der Waals surface area contributed by atoms with Gasteiger partial charge >= 0.3 is 0 Å². The molecule has 0 bridgehead atoms. The van der Waals surface area contributed by atoms with E-state index >= 15 is 0 Å². The molecule has 0 radical (unpaired) electrons. The number of carbonyl (C=O) groups is 1. The highest BCUT2D eigenvalue weighted by Gasteiger charge is 2.25. The van der Waals surface area contributed by atoms with Crippen LogP contribution in [0.5, 0.6) is 0 Å². The third kappa shape index (κ3) is 2.17. The lowest BCUT2D eigenvalue weighted by molar-refractivity contribution is -0.133. The second-order valence-electron chi connectivity index (χ2n) is 3.87. The Bertz CT molecular complexity index is 353. The first-order chi connectivity index (χ1) is 7.83. The molecule has 2 N–H and O–H groups in total. The zero-order valence-electron chi connectivity index (χ0n) is 9.30. The van der Waals surface area contributed by atoms with Crippen LogP contribution in [-0.4, -0.2) is 30.6 Å². The second kappa shape index (κ2) is 4.99. The van der Waals surface area contributed by atoms with E-state index in [4.69, 9.17) is 5.73 Å². The van der Waals surface area contributed by atoms with Crippen molar-refractivity contribution in [3.05, 3.63) is 30.3 Å². The summed E-state index contributed by atoms with van der Waals surface area (Å²) in [5.41, 5.74) is 6.60. The van der Waals surface area contributed by atoms with Gasteiger partial charge in [-0.25, -0.2) is 0 Å². The first-order valence-electron chi connectivity index (χ1n) is 5.66. The van der Waals surface area contributed by atoms with E-state index in [0.717, 1.165) is 18.7 Å². The zero-order valence-corrected chi connectivity index (χ0v) is 9.30. The number of amides is 1. The number of nitrogens with zero attached hydrogens (tertiary/aromatic N) is 2. The van der Waals surface area contributed by atoms with Crippen LogP contribution in [0.2, 0.25) is 0 Å². The van der Waals surface area contributed by atoms with Crippen molar-refractivity contribution in [2.24, 2.45) is 5.73 Å². The molecule has 0 aliphatic carbocycles. The molecular formula is C12H17N3O. The van der Waals surface area contributed by atoms with Gasteiger partial charge in [0.15, 0.2) is 0 Å². The molecule has 0 unspecified atom stereocenters. The van der Waals surface area contributed by atoms with Crippen LogP contribution in [0.1, 0.15) is 12.8 Å². The van der Waals surface area contributed by atoms with Crippen molar-refractivity contribution in [2.75, 3.05) is 24.6 Å². The summed E-state index contributed by atoms with van der Waals surface area (Å²) in [6.07, 6.45) is 1.54. The first-order valence-corrected chi connectivity index (χ1v) is 5.66. The van der Waals surface area contributed by atoms with Gasteiger partial charge < -0.3 is 5.73 Å². The van der Waals surface area contributed by atoms with E-state index in [2.05, 4.69) is 0 Å².